The highest BCUT2D eigenvalue weighted by Crippen LogP contribution is 2.19. The van der Waals surface area contributed by atoms with Crippen molar-refractivity contribution < 1.29 is 24.4 Å². The molecule has 0 aromatic carbocycles. The van der Waals surface area contributed by atoms with E-state index in [2.05, 4.69) is 5.32 Å². The molecular formula is C12H13N3O7. The molecule has 118 valence electrons. The van der Waals surface area contributed by atoms with Crippen LogP contribution in [0.2, 0.25) is 0 Å². The molecule has 1 aromatic heterocycles. The Morgan fingerprint density at radius 2 is 2.23 bits per heavy atom. The number of hydrogen-bond donors (Lipinski definition) is 2. The molecule has 1 aliphatic rings. The predicted molar refractivity (Wildman–Crippen MR) is 71.3 cm³/mol. The number of carboxylic acids is 1. The number of nitrogens with one attached hydrogen (secondary N) is 1. The van der Waals surface area contributed by atoms with Crippen molar-refractivity contribution in [3.05, 3.63) is 38.8 Å². The van der Waals surface area contributed by atoms with Crippen LogP contribution in [0.5, 0.6) is 0 Å². The predicted octanol–water partition coefficient (Wildman–Crippen LogP) is -0.884. The minimum absolute atomic E-state index is 0.109. The second-order valence-corrected chi connectivity index (χ2v) is 4.85. The van der Waals surface area contributed by atoms with Crippen molar-refractivity contribution in [1.29, 1.82) is 0 Å². The molecule has 1 atom stereocenters. The zero-order valence-electron chi connectivity index (χ0n) is 11.4. The van der Waals surface area contributed by atoms with Crippen LogP contribution in [0.25, 0.3) is 0 Å². The van der Waals surface area contributed by atoms with Gasteiger partial charge in [-0.25, -0.2) is 4.79 Å². The summed E-state index contributed by atoms with van der Waals surface area (Å²) in [5.41, 5.74) is -2.47. The van der Waals surface area contributed by atoms with Crippen LogP contribution in [0, 0.1) is 10.1 Å². The molecule has 0 spiro atoms. The minimum atomic E-state index is -1.53. The summed E-state index contributed by atoms with van der Waals surface area (Å²) in [5.74, 6) is -1.97. The van der Waals surface area contributed by atoms with Gasteiger partial charge in [0.15, 0.2) is 5.54 Å². The molecule has 10 heteroatoms. The lowest BCUT2D eigenvalue weighted by Gasteiger charge is -2.23. The Balaban J connectivity index is 2.15. The van der Waals surface area contributed by atoms with Gasteiger partial charge in [0.1, 0.15) is 6.54 Å². The monoisotopic (exact) mass is 311 g/mol. The smallest absolute Gasteiger partial charge is 0.331 e. The molecule has 22 heavy (non-hydrogen) atoms. The standard InChI is InChI=1S/C12H13N3O7/c16-9(13-12(11(18)19)3-4-22-7-12)6-14-5-8(15(20)21)1-2-10(14)17/h1-2,5H,3-4,6-7H2,(H,13,16)(H,18,19). The van der Waals surface area contributed by atoms with Crippen LogP contribution >= 0.6 is 0 Å². The fourth-order valence-corrected chi connectivity index (χ4v) is 2.10. The molecule has 10 nitrogen and oxygen atoms in total. The fourth-order valence-electron chi connectivity index (χ4n) is 2.10. The van der Waals surface area contributed by atoms with Gasteiger partial charge in [0.05, 0.1) is 17.7 Å². The number of nitro groups is 1. The SMILES string of the molecule is O=C(Cn1cc([N+](=O)[O-])ccc1=O)NC1(C(=O)O)CCOC1. The van der Waals surface area contributed by atoms with Gasteiger partial charge in [-0.3, -0.25) is 24.3 Å². The van der Waals surface area contributed by atoms with Crippen LogP contribution in [-0.2, 0) is 20.9 Å². The maximum absolute atomic E-state index is 12.0. The first-order valence-corrected chi connectivity index (χ1v) is 6.31. The topological polar surface area (TPSA) is 141 Å². The zero-order chi connectivity index (χ0) is 16.3. The van der Waals surface area contributed by atoms with Crippen molar-refractivity contribution in [2.45, 2.75) is 18.5 Å². The van der Waals surface area contributed by atoms with Crippen molar-refractivity contribution >= 4 is 17.6 Å². The zero-order valence-corrected chi connectivity index (χ0v) is 11.4. The van der Waals surface area contributed by atoms with E-state index >= 15 is 0 Å². The van der Waals surface area contributed by atoms with Gasteiger partial charge in [0.2, 0.25) is 5.91 Å². The van der Waals surface area contributed by atoms with Gasteiger partial charge >= 0.3 is 5.97 Å². The van der Waals surface area contributed by atoms with Crippen LogP contribution in [0.4, 0.5) is 5.69 Å². The highest BCUT2D eigenvalue weighted by Gasteiger charge is 2.43. The Morgan fingerprint density at radius 1 is 1.50 bits per heavy atom. The van der Waals surface area contributed by atoms with E-state index < -0.39 is 34.4 Å². The lowest BCUT2D eigenvalue weighted by Crippen LogP contribution is -2.56. The molecule has 0 aliphatic carbocycles. The second kappa shape index (κ2) is 5.93. The van der Waals surface area contributed by atoms with Gasteiger partial charge in [0.25, 0.3) is 11.2 Å². The molecular weight excluding hydrogens is 298 g/mol. The van der Waals surface area contributed by atoms with Crippen LogP contribution in [0.15, 0.2) is 23.1 Å². The minimum Gasteiger partial charge on any atom is -0.479 e. The van der Waals surface area contributed by atoms with Crippen LogP contribution in [-0.4, -0.2) is 45.2 Å². The number of carbonyl (C=O) groups excluding carboxylic acids is 1. The number of ether oxygens (including phenoxy) is 1. The maximum atomic E-state index is 12.0. The molecule has 1 unspecified atom stereocenters. The average molecular weight is 311 g/mol. The third kappa shape index (κ3) is 3.11. The molecule has 1 aromatic rings. The fraction of sp³-hybridized carbons (Fsp3) is 0.417. The van der Waals surface area contributed by atoms with Crippen LogP contribution in [0.1, 0.15) is 6.42 Å². The Hall–Kier alpha value is -2.75. The summed E-state index contributed by atoms with van der Waals surface area (Å²) < 4.78 is 5.84. The first-order valence-electron chi connectivity index (χ1n) is 6.31. The van der Waals surface area contributed by atoms with Crippen LogP contribution in [0.3, 0.4) is 0 Å². The van der Waals surface area contributed by atoms with Gasteiger partial charge in [-0.1, -0.05) is 0 Å². The number of carbonyl (C=O) groups is 2. The van der Waals surface area contributed by atoms with Gasteiger partial charge < -0.3 is 15.2 Å². The molecule has 1 amide bonds. The Labute approximate surface area is 123 Å². The summed E-state index contributed by atoms with van der Waals surface area (Å²) >= 11 is 0. The van der Waals surface area contributed by atoms with Crippen LogP contribution < -0.4 is 10.9 Å². The summed E-state index contributed by atoms with van der Waals surface area (Å²) in [7, 11) is 0. The molecule has 0 saturated carbocycles. The van der Waals surface area contributed by atoms with Crippen molar-refractivity contribution in [1.82, 2.24) is 9.88 Å². The third-order valence-electron chi connectivity index (χ3n) is 3.30. The second-order valence-electron chi connectivity index (χ2n) is 4.85. The number of nitrogens with zero attached hydrogens (tertiary/aromatic N) is 2. The molecule has 2 rings (SSSR count). The van der Waals surface area contributed by atoms with Crippen molar-refractivity contribution in [2.75, 3.05) is 13.2 Å². The Morgan fingerprint density at radius 3 is 2.77 bits per heavy atom. The van der Waals surface area contributed by atoms with E-state index in [9.17, 15) is 29.6 Å². The van der Waals surface area contributed by atoms with Crippen molar-refractivity contribution in [2.24, 2.45) is 0 Å². The van der Waals surface area contributed by atoms with Gasteiger partial charge in [0, 0.05) is 25.2 Å². The Kier molecular flexibility index (Phi) is 4.22. The van der Waals surface area contributed by atoms with E-state index in [1.807, 2.05) is 0 Å². The van der Waals surface area contributed by atoms with Gasteiger partial charge in [-0.05, 0) is 0 Å². The first-order chi connectivity index (χ1) is 10.3. The van der Waals surface area contributed by atoms with E-state index in [0.29, 0.717) is 0 Å². The number of rotatable bonds is 5. The van der Waals surface area contributed by atoms with E-state index in [-0.39, 0.29) is 25.3 Å². The van der Waals surface area contributed by atoms with Gasteiger partial charge in [-0.2, -0.15) is 0 Å². The molecule has 1 aliphatic heterocycles. The van der Waals surface area contributed by atoms with Crippen molar-refractivity contribution in [3.63, 3.8) is 0 Å². The molecule has 2 N–H and O–H groups in total. The summed E-state index contributed by atoms with van der Waals surface area (Å²) in [6.45, 7) is -0.489. The Bertz CT molecular complexity index is 676. The highest BCUT2D eigenvalue weighted by molar-refractivity contribution is 5.87. The summed E-state index contributed by atoms with van der Waals surface area (Å²) in [4.78, 5) is 44.8. The summed E-state index contributed by atoms with van der Waals surface area (Å²) in [6.07, 6.45) is 1.04. The van der Waals surface area contributed by atoms with E-state index in [0.717, 1.165) is 22.9 Å². The highest BCUT2D eigenvalue weighted by atomic mass is 16.6. The van der Waals surface area contributed by atoms with E-state index in [4.69, 9.17) is 4.74 Å². The number of pyridine rings is 1. The average Bonchev–Trinajstić information content (AvgIpc) is 2.90. The largest absolute Gasteiger partial charge is 0.479 e. The van der Waals surface area contributed by atoms with Crippen molar-refractivity contribution in [3.8, 4) is 0 Å². The normalized spacial score (nSPS) is 20.5. The molecule has 0 bridgehead atoms. The number of amides is 1. The number of carboxylic acid groups (broad SMARTS) is 1. The molecule has 1 saturated heterocycles. The number of aliphatic carboxylic acids is 1. The maximum Gasteiger partial charge on any atom is 0.331 e. The molecule has 2 heterocycles. The van der Waals surface area contributed by atoms with Gasteiger partial charge in [-0.15, -0.1) is 0 Å². The molecule has 1 fully saturated rings. The third-order valence-corrected chi connectivity index (χ3v) is 3.30. The first kappa shape index (κ1) is 15.6. The quantitative estimate of drug-likeness (QED) is 0.531. The summed E-state index contributed by atoms with van der Waals surface area (Å²) in [6, 6.07) is 2.00. The number of aromatic nitrogens is 1. The lowest BCUT2D eigenvalue weighted by atomic mass is 9.99. The lowest BCUT2D eigenvalue weighted by molar-refractivity contribution is -0.385. The van der Waals surface area contributed by atoms with E-state index in [1.165, 1.54) is 0 Å². The van der Waals surface area contributed by atoms with E-state index in [1.54, 1.807) is 0 Å². The molecule has 0 radical (unpaired) electrons. The summed E-state index contributed by atoms with van der Waals surface area (Å²) in [5, 5.41) is 22.2. The number of hydrogen-bond acceptors (Lipinski definition) is 6.